The van der Waals surface area contributed by atoms with Crippen molar-refractivity contribution < 1.29 is 9.59 Å². The van der Waals surface area contributed by atoms with E-state index in [0.29, 0.717) is 30.6 Å². The molecule has 0 unspecified atom stereocenters. The van der Waals surface area contributed by atoms with Gasteiger partial charge < -0.3 is 14.4 Å². The third kappa shape index (κ3) is 3.66. The summed E-state index contributed by atoms with van der Waals surface area (Å²) in [5.74, 6) is 0.854. The molecule has 3 fully saturated rings. The molecule has 2 aromatic rings. The molecule has 31 heavy (non-hydrogen) atoms. The van der Waals surface area contributed by atoms with E-state index in [1.807, 2.05) is 41.6 Å². The third-order valence-electron chi connectivity index (χ3n) is 7.37. The molecule has 3 heterocycles. The predicted octanol–water partition coefficient (Wildman–Crippen LogP) is 3.72. The fraction of sp³-hybridized carbons (Fsp3) is 0.560. The summed E-state index contributed by atoms with van der Waals surface area (Å²) < 4.78 is 2.10. The first-order chi connectivity index (χ1) is 15.0. The van der Waals surface area contributed by atoms with E-state index in [4.69, 9.17) is 4.98 Å². The smallest absolute Gasteiger partial charge is 0.253 e. The lowest BCUT2D eigenvalue weighted by Crippen LogP contribution is -2.52. The van der Waals surface area contributed by atoms with E-state index in [-0.39, 0.29) is 17.7 Å². The van der Waals surface area contributed by atoms with Crippen molar-refractivity contribution in [3.63, 3.8) is 0 Å². The summed E-state index contributed by atoms with van der Waals surface area (Å²) in [5.41, 5.74) is 1.07. The molecule has 0 N–H and O–H groups in total. The largest absolute Gasteiger partial charge is 0.342 e. The molecule has 6 nitrogen and oxygen atoms in total. The van der Waals surface area contributed by atoms with E-state index in [1.165, 1.54) is 12.8 Å². The molecule has 2 amide bonds. The van der Waals surface area contributed by atoms with Crippen LogP contribution < -0.4 is 0 Å². The van der Waals surface area contributed by atoms with E-state index in [2.05, 4.69) is 29.5 Å². The van der Waals surface area contributed by atoms with Crippen LogP contribution in [0.2, 0.25) is 0 Å². The first-order valence-corrected chi connectivity index (χ1v) is 11.6. The van der Waals surface area contributed by atoms with Gasteiger partial charge in [-0.3, -0.25) is 9.59 Å². The monoisotopic (exact) mass is 420 g/mol. The molecule has 164 valence electrons. The Balaban J connectivity index is 1.49. The molecule has 1 spiro atoms. The number of hydrogen-bond acceptors (Lipinski definition) is 3. The lowest BCUT2D eigenvalue weighted by Gasteiger charge is -2.42. The van der Waals surface area contributed by atoms with Gasteiger partial charge in [0, 0.05) is 49.9 Å². The molecule has 0 radical (unpaired) electrons. The Morgan fingerprint density at radius 2 is 2.00 bits per heavy atom. The third-order valence-corrected chi connectivity index (χ3v) is 7.37. The van der Waals surface area contributed by atoms with Crippen molar-refractivity contribution >= 4 is 11.8 Å². The summed E-state index contributed by atoms with van der Waals surface area (Å²) in [4.78, 5) is 35.9. The van der Waals surface area contributed by atoms with Crippen LogP contribution in [0.1, 0.15) is 67.5 Å². The van der Waals surface area contributed by atoms with Gasteiger partial charge in [0.25, 0.3) is 5.91 Å². The number of imidazole rings is 1. The van der Waals surface area contributed by atoms with Crippen LogP contribution in [0.3, 0.4) is 0 Å². The number of hydrogen-bond donors (Lipinski definition) is 0. The summed E-state index contributed by atoms with van der Waals surface area (Å²) in [6.45, 7) is 7.01. The quantitative estimate of drug-likeness (QED) is 0.741. The number of likely N-dealkylation sites (tertiary alicyclic amines) is 2. The Morgan fingerprint density at radius 1 is 1.23 bits per heavy atom. The topological polar surface area (TPSA) is 58.4 Å². The maximum absolute atomic E-state index is 13.9. The van der Waals surface area contributed by atoms with E-state index in [0.717, 1.165) is 31.6 Å². The van der Waals surface area contributed by atoms with Crippen LogP contribution in [0.15, 0.2) is 42.9 Å². The number of benzene rings is 1. The second-order valence-corrected chi connectivity index (χ2v) is 9.90. The average Bonchev–Trinajstić information content (AvgIpc) is 3.31. The van der Waals surface area contributed by atoms with Gasteiger partial charge in [-0.15, -0.1) is 0 Å². The SMILES string of the molecule is CC(C)n1cnc([C@H]2CN(C(=O)c3ccccc3)C[C@@]23CCCN(CC2CC2)C3=O)c1. The highest BCUT2D eigenvalue weighted by Gasteiger charge is 2.57. The Labute approximate surface area is 184 Å². The van der Waals surface area contributed by atoms with Crippen LogP contribution in [-0.4, -0.2) is 57.3 Å². The first kappa shape index (κ1) is 20.3. The van der Waals surface area contributed by atoms with Crippen molar-refractivity contribution in [2.75, 3.05) is 26.2 Å². The molecule has 6 heteroatoms. The lowest BCUT2D eigenvalue weighted by atomic mass is 9.70. The van der Waals surface area contributed by atoms with Crippen molar-refractivity contribution in [1.82, 2.24) is 19.4 Å². The fourth-order valence-corrected chi connectivity index (χ4v) is 5.39. The minimum absolute atomic E-state index is 0.0119. The van der Waals surface area contributed by atoms with Crippen molar-refractivity contribution in [2.24, 2.45) is 11.3 Å². The number of rotatable bonds is 5. The van der Waals surface area contributed by atoms with Crippen LogP contribution >= 0.6 is 0 Å². The van der Waals surface area contributed by atoms with E-state index >= 15 is 0 Å². The summed E-state index contributed by atoms with van der Waals surface area (Å²) in [6, 6.07) is 9.74. The summed E-state index contributed by atoms with van der Waals surface area (Å²) >= 11 is 0. The molecule has 1 aromatic heterocycles. The van der Waals surface area contributed by atoms with Gasteiger partial charge in [-0.1, -0.05) is 18.2 Å². The number of piperidine rings is 1. The standard InChI is InChI=1S/C25H32N4O2/c1-18(2)29-15-22(26-17-29)21-14-28(23(30)20-7-4-3-5-8-20)16-25(21)11-6-12-27(24(25)31)13-19-9-10-19/h3-5,7-8,15,17-19,21H,6,9-14,16H2,1-2H3/t21-,25+/m1/s1. The normalized spacial score (nSPS) is 26.3. The van der Waals surface area contributed by atoms with Crippen molar-refractivity contribution in [1.29, 1.82) is 0 Å². The number of amides is 2. The van der Waals surface area contributed by atoms with Gasteiger partial charge in [0.2, 0.25) is 5.91 Å². The zero-order valence-electron chi connectivity index (χ0n) is 18.5. The predicted molar refractivity (Wildman–Crippen MR) is 119 cm³/mol. The number of nitrogens with zero attached hydrogens (tertiary/aromatic N) is 4. The Kier molecular flexibility index (Phi) is 5.11. The van der Waals surface area contributed by atoms with Crippen LogP contribution in [0, 0.1) is 11.3 Å². The first-order valence-electron chi connectivity index (χ1n) is 11.6. The molecule has 5 rings (SSSR count). The summed E-state index contributed by atoms with van der Waals surface area (Å²) in [5, 5.41) is 0. The molecule has 1 saturated carbocycles. The van der Waals surface area contributed by atoms with Crippen LogP contribution in [0.4, 0.5) is 0 Å². The van der Waals surface area contributed by atoms with Crippen molar-refractivity contribution in [3.05, 3.63) is 54.1 Å². The zero-order chi connectivity index (χ0) is 21.6. The second kappa shape index (κ2) is 7.81. The van der Waals surface area contributed by atoms with Crippen molar-refractivity contribution in [3.8, 4) is 0 Å². The molecular formula is C25H32N4O2. The summed E-state index contributed by atoms with van der Waals surface area (Å²) in [6.07, 6.45) is 8.23. The fourth-order valence-electron chi connectivity index (χ4n) is 5.39. The molecule has 2 atom stereocenters. The highest BCUT2D eigenvalue weighted by Crippen LogP contribution is 2.50. The van der Waals surface area contributed by atoms with Gasteiger partial charge >= 0.3 is 0 Å². The Bertz CT molecular complexity index is 965. The molecular weight excluding hydrogens is 388 g/mol. The molecule has 1 aliphatic carbocycles. The van der Waals surface area contributed by atoms with Crippen molar-refractivity contribution in [2.45, 2.75) is 51.5 Å². The average molecular weight is 421 g/mol. The van der Waals surface area contributed by atoms with E-state index in [1.54, 1.807) is 0 Å². The maximum Gasteiger partial charge on any atom is 0.253 e. The van der Waals surface area contributed by atoms with Crippen LogP contribution in [0.25, 0.3) is 0 Å². The minimum Gasteiger partial charge on any atom is -0.342 e. The minimum atomic E-state index is -0.562. The summed E-state index contributed by atoms with van der Waals surface area (Å²) in [7, 11) is 0. The van der Waals surface area contributed by atoms with E-state index in [9.17, 15) is 9.59 Å². The number of aromatic nitrogens is 2. The van der Waals surface area contributed by atoms with Gasteiger partial charge in [0.1, 0.15) is 0 Å². The molecule has 2 saturated heterocycles. The van der Waals surface area contributed by atoms with Crippen LogP contribution in [-0.2, 0) is 4.79 Å². The highest BCUT2D eigenvalue weighted by atomic mass is 16.2. The zero-order valence-corrected chi connectivity index (χ0v) is 18.5. The number of carbonyl (C=O) groups excluding carboxylic acids is 2. The van der Waals surface area contributed by atoms with E-state index < -0.39 is 5.41 Å². The lowest BCUT2D eigenvalue weighted by molar-refractivity contribution is -0.146. The number of carbonyl (C=O) groups is 2. The molecule has 1 aromatic carbocycles. The Morgan fingerprint density at radius 3 is 2.68 bits per heavy atom. The molecule has 0 bridgehead atoms. The molecule has 3 aliphatic rings. The van der Waals surface area contributed by atoms with Gasteiger partial charge in [0.05, 0.1) is 17.4 Å². The maximum atomic E-state index is 13.9. The highest BCUT2D eigenvalue weighted by molar-refractivity contribution is 5.96. The molecule has 2 aliphatic heterocycles. The van der Waals surface area contributed by atoms with Gasteiger partial charge in [-0.25, -0.2) is 4.98 Å². The Hall–Kier alpha value is -2.63. The second-order valence-electron chi connectivity index (χ2n) is 9.90. The van der Waals surface area contributed by atoms with Gasteiger partial charge in [-0.05, 0) is 57.6 Å². The van der Waals surface area contributed by atoms with Gasteiger partial charge in [0.15, 0.2) is 0 Å². The van der Waals surface area contributed by atoms with Crippen LogP contribution in [0.5, 0.6) is 0 Å². The van der Waals surface area contributed by atoms with Gasteiger partial charge in [-0.2, -0.15) is 0 Å².